The Morgan fingerprint density at radius 3 is 2.55 bits per heavy atom. The van der Waals surface area contributed by atoms with Crippen LogP contribution in [0.25, 0.3) is 0 Å². The van der Waals surface area contributed by atoms with Gasteiger partial charge in [0.15, 0.2) is 5.96 Å². The molecule has 1 rings (SSSR count). The zero-order chi connectivity index (χ0) is 14.3. The van der Waals surface area contributed by atoms with E-state index in [-0.39, 0.29) is 29.4 Å². The summed E-state index contributed by atoms with van der Waals surface area (Å²) in [7, 11) is 0. The third-order valence-electron chi connectivity index (χ3n) is 3.36. The number of aryl methyl sites for hydroxylation is 1. The average molecular weight is 389 g/mol. The van der Waals surface area contributed by atoms with E-state index in [9.17, 15) is 0 Å². The Hall–Kier alpha value is -0.780. The molecule has 0 aliphatic carbocycles. The topological polar surface area (TPSA) is 50.4 Å². The number of nitrogens with zero attached hydrogens (tertiary/aromatic N) is 1. The van der Waals surface area contributed by atoms with Gasteiger partial charge in [-0.3, -0.25) is 4.99 Å². The number of nitrogens with two attached hydrogens (primary N) is 1. The van der Waals surface area contributed by atoms with Gasteiger partial charge in [-0.1, -0.05) is 51.5 Å². The third-order valence-corrected chi connectivity index (χ3v) is 3.36. The highest BCUT2D eigenvalue weighted by molar-refractivity contribution is 14.0. The summed E-state index contributed by atoms with van der Waals surface area (Å²) in [5, 5.41) is 3.15. The second-order valence-electron chi connectivity index (χ2n) is 5.68. The van der Waals surface area contributed by atoms with Crippen molar-refractivity contribution in [3.8, 4) is 0 Å². The maximum Gasteiger partial charge on any atom is 0.188 e. The summed E-state index contributed by atoms with van der Waals surface area (Å²) in [4.78, 5) is 4.47. The fourth-order valence-corrected chi connectivity index (χ4v) is 2.15. The molecule has 0 bridgehead atoms. The van der Waals surface area contributed by atoms with Gasteiger partial charge in [-0.05, 0) is 24.5 Å². The molecule has 3 N–H and O–H groups in total. The van der Waals surface area contributed by atoms with Gasteiger partial charge in [0.2, 0.25) is 0 Å². The highest BCUT2D eigenvalue weighted by atomic mass is 127. The molecule has 20 heavy (non-hydrogen) atoms. The molecule has 0 fully saturated rings. The van der Waals surface area contributed by atoms with E-state index in [0.29, 0.717) is 12.5 Å². The predicted molar refractivity (Wildman–Crippen MR) is 99.0 cm³/mol. The van der Waals surface area contributed by atoms with Crippen LogP contribution in [0.15, 0.2) is 29.3 Å². The van der Waals surface area contributed by atoms with E-state index >= 15 is 0 Å². The van der Waals surface area contributed by atoms with E-state index in [1.54, 1.807) is 0 Å². The number of unbranched alkanes of at least 4 members (excludes halogenated alkanes) is 1. The van der Waals surface area contributed by atoms with Crippen LogP contribution in [0, 0.1) is 6.92 Å². The number of hydrogen-bond donors (Lipinski definition) is 2. The number of benzene rings is 1. The van der Waals surface area contributed by atoms with Crippen molar-refractivity contribution in [3.05, 3.63) is 35.4 Å². The standard InChI is InChI=1S/C16H27N3.HI/c1-5-6-11-18-15(17)19-12-16(3,4)14-10-8-7-9-13(14)2;/h7-10H,5-6,11-12H2,1-4H3,(H3,17,18,19);1H. The summed E-state index contributed by atoms with van der Waals surface area (Å²) < 4.78 is 0. The van der Waals surface area contributed by atoms with Crippen LogP contribution in [-0.4, -0.2) is 19.0 Å². The quantitative estimate of drug-likeness (QED) is 0.338. The van der Waals surface area contributed by atoms with Crippen LogP contribution in [0.5, 0.6) is 0 Å². The van der Waals surface area contributed by atoms with Crippen molar-refractivity contribution in [2.24, 2.45) is 10.7 Å². The zero-order valence-corrected chi connectivity index (χ0v) is 15.4. The van der Waals surface area contributed by atoms with Gasteiger partial charge >= 0.3 is 0 Å². The van der Waals surface area contributed by atoms with Gasteiger partial charge in [-0.25, -0.2) is 0 Å². The molecule has 1 aromatic rings. The third kappa shape index (κ3) is 6.11. The molecule has 0 saturated carbocycles. The van der Waals surface area contributed by atoms with Gasteiger partial charge in [0, 0.05) is 12.0 Å². The Kier molecular flexibility index (Phi) is 8.85. The summed E-state index contributed by atoms with van der Waals surface area (Å²) in [5.41, 5.74) is 8.52. The molecular weight excluding hydrogens is 361 g/mol. The molecule has 114 valence electrons. The first-order chi connectivity index (χ1) is 8.97. The summed E-state index contributed by atoms with van der Waals surface area (Å²) >= 11 is 0. The lowest BCUT2D eigenvalue weighted by Crippen LogP contribution is -2.34. The van der Waals surface area contributed by atoms with Crippen molar-refractivity contribution < 1.29 is 0 Å². The van der Waals surface area contributed by atoms with Crippen molar-refractivity contribution in [1.29, 1.82) is 0 Å². The SMILES string of the molecule is CCCCNC(N)=NCC(C)(C)c1ccccc1C.I. The molecule has 0 saturated heterocycles. The van der Waals surface area contributed by atoms with Crippen LogP contribution in [0.2, 0.25) is 0 Å². The van der Waals surface area contributed by atoms with Gasteiger partial charge < -0.3 is 11.1 Å². The van der Waals surface area contributed by atoms with Crippen LogP contribution < -0.4 is 11.1 Å². The number of halogens is 1. The molecule has 0 aliphatic heterocycles. The minimum atomic E-state index is 0. The number of guanidine groups is 1. The van der Waals surface area contributed by atoms with E-state index < -0.39 is 0 Å². The van der Waals surface area contributed by atoms with Crippen molar-refractivity contribution in [1.82, 2.24) is 5.32 Å². The van der Waals surface area contributed by atoms with Gasteiger partial charge in [0.1, 0.15) is 0 Å². The van der Waals surface area contributed by atoms with E-state index in [1.807, 2.05) is 0 Å². The summed E-state index contributed by atoms with van der Waals surface area (Å²) in [6.07, 6.45) is 2.28. The van der Waals surface area contributed by atoms with Crippen LogP contribution in [0.4, 0.5) is 0 Å². The number of aliphatic imine (C=N–C) groups is 1. The first-order valence-corrected chi connectivity index (χ1v) is 7.07. The van der Waals surface area contributed by atoms with Crippen molar-refractivity contribution in [2.75, 3.05) is 13.1 Å². The summed E-state index contributed by atoms with van der Waals surface area (Å²) in [5.74, 6) is 0.551. The molecular formula is C16H28IN3. The number of hydrogen-bond acceptors (Lipinski definition) is 1. The van der Waals surface area contributed by atoms with Gasteiger partial charge in [0.05, 0.1) is 6.54 Å². The minimum absolute atomic E-state index is 0. The normalized spacial score (nSPS) is 11.9. The predicted octanol–water partition coefficient (Wildman–Crippen LogP) is 3.60. The fourth-order valence-electron chi connectivity index (χ4n) is 2.15. The van der Waals surface area contributed by atoms with Gasteiger partial charge in [-0.15, -0.1) is 24.0 Å². The van der Waals surface area contributed by atoms with Crippen LogP contribution in [0.3, 0.4) is 0 Å². The Bertz CT molecular complexity index is 427. The molecule has 0 heterocycles. The van der Waals surface area contributed by atoms with E-state index in [0.717, 1.165) is 19.4 Å². The first-order valence-electron chi connectivity index (χ1n) is 7.07. The van der Waals surface area contributed by atoms with Crippen LogP contribution >= 0.6 is 24.0 Å². The lowest BCUT2D eigenvalue weighted by atomic mass is 9.82. The maximum atomic E-state index is 5.88. The Morgan fingerprint density at radius 2 is 1.95 bits per heavy atom. The average Bonchev–Trinajstić information content (AvgIpc) is 2.37. The molecule has 1 aromatic carbocycles. The maximum absolute atomic E-state index is 5.88. The molecule has 0 atom stereocenters. The summed E-state index contributed by atoms with van der Waals surface area (Å²) in [6, 6.07) is 8.46. The Balaban J connectivity index is 0.00000361. The highest BCUT2D eigenvalue weighted by Gasteiger charge is 2.21. The lowest BCUT2D eigenvalue weighted by molar-refractivity contribution is 0.535. The van der Waals surface area contributed by atoms with Crippen LogP contribution in [0.1, 0.15) is 44.7 Å². The van der Waals surface area contributed by atoms with Crippen molar-refractivity contribution >= 4 is 29.9 Å². The molecule has 0 radical (unpaired) electrons. The Morgan fingerprint density at radius 1 is 1.30 bits per heavy atom. The largest absolute Gasteiger partial charge is 0.370 e. The molecule has 4 heteroatoms. The Labute approximate surface area is 140 Å². The smallest absolute Gasteiger partial charge is 0.188 e. The zero-order valence-electron chi connectivity index (χ0n) is 13.1. The lowest BCUT2D eigenvalue weighted by Gasteiger charge is -2.25. The molecule has 0 aromatic heterocycles. The molecule has 0 unspecified atom stereocenters. The number of nitrogens with one attached hydrogen (secondary N) is 1. The van der Waals surface area contributed by atoms with E-state index in [4.69, 9.17) is 5.73 Å². The molecule has 3 nitrogen and oxygen atoms in total. The van der Waals surface area contributed by atoms with Gasteiger partial charge in [0.25, 0.3) is 0 Å². The minimum Gasteiger partial charge on any atom is -0.370 e. The van der Waals surface area contributed by atoms with Crippen molar-refractivity contribution in [2.45, 2.75) is 46.0 Å². The van der Waals surface area contributed by atoms with E-state index in [2.05, 4.69) is 62.3 Å². The summed E-state index contributed by atoms with van der Waals surface area (Å²) in [6.45, 7) is 10.3. The number of rotatable bonds is 6. The molecule has 0 aliphatic rings. The van der Waals surface area contributed by atoms with Crippen molar-refractivity contribution in [3.63, 3.8) is 0 Å². The first kappa shape index (κ1) is 19.2. The second kappa shape index (κ2) is 9.21. The fraction of sp³-hybridized carbons (Fsp3) is 0.562. The van der Waals surface area contributed by atoms with Crippen LogP contribution in [-0.2, 0) is 5.41 Å². The molecule has 0 spiro atoms. The van der Waals surface area contributed by atoms with E-state index in [1.165, 1.54) is 11.1 Å². The highest BCUT2D eigenvalue weighted by Crippen LogP contribution is 2.26. The monoisotopic (exact) mass is 389 g/mol. The molecule has 0 amide bonds. The second-order valence-corrected chi connectivity index (χ2v) is 5.68. The van der Waals surface area contributed by atoms with Gasteiger partial charge in [-0.2, -0.15) is 0 Å².